The zero-order valence-corrected chi connectivity index (χ0v) is 12.2. The number of sulfone groups is 1. The first-order valence-electron chi connectivity index (χ1n) is 6.00. The number of nitrogens with one attached hydrogen (secondary N) is 1. The molecule has 1 fully saturated rings. The highest BCUT2D eigenvalue weighted by molar-refractivity contribution is 7.91. The van der Waals surface area contributed by atoms with Crippen molar-refractivity contribution in [3.8, 4) is 0 Å². The lowest BCUT2D eigenvalue weighted by Crippen LogP contribution is -2.42. The van der Waals surface area contributed by atoms with Crippen LogP contribution in [-0.4, -0.2) is 25.5 Å². The van der Waals surface area contributed by atoms with Gasteiger partial charge in [0, 0.05) is 17.1 Å². The predicted octanol–water partition coefficient (Wildman–Crippen LogP) is 2.32. The SMILES string of the molecule is Cc1ccc(CNC2(C)CCS(=O)(=O)C2)cc1Cl. The summed E-state index contributed by atoms with van der Waals surface area (Å²) in [5.41, 5.74) is 1.82. The molecule has 3 nitrogen and oxygen atoms in total. The van der Waals surface area contributed by atoms with E-state index in [4.69, 9.17) is 11.6 Å². The lowest BCUT2D eigenvalue weighted by atomic mass is 10.0. The summed E-state index contributed by atoms with van der Waals surface area (Å²) < 4.78 is 23.0. The van der Waals surface area contributed by atoms with Crippen LogP contribution in [0.1, 0.15) is 24.5 Å². The van der Waals surface area contributed by atoms with E-state index >= 15 is 0 Å². The molecule has 2 rings (SSSR count). The fourth-order valence-corrected chi connectivity index (χ4v) is 4.54. The average molecular weight is 288 g/mol. The first kappa shape index (κ1) is 13.8. The largest absolute Gasteiger partial charge is 0.306 e. The molecule has 1 aromatic carbocycles. The van der Waals surface area contributed by atoms with E-state index in [0.29, 0.717) is 13.0 Å². The van der Waals surface area contributed by atoms with E-state index in [1.807, 2.05) is 32.0 Å². The van der Waals surface area contributed by atoms with Gasteiger partial charge in [0.25, 0.3) is 0 Å². The number of rotatable bonds is 3. The lowest BCUT2D eigenvalue weighted by Gasteiger charge is -2.24. The molecule has 0 radical (unpaired) electrons. The fraction of sp³-hybridized carbons (Fsp3) is 0.538. The van der Waals surface area contributed by atoms with Crippen LogP contribution in [0.2, 0.25) is 5.02 Å². The molecule has 0 amide bonds. The molecular weight excluding hydrogens is 270 g/mol. The second-order valence-electron chi connectivity index (χ2n) is 5.34. The second-order valence-corrected chi connectivity index (χ2v) is 7.93. The quantitative estimate of drug-likeness (QED) is 0.928. The monoisotopic (exact) mass is 287 g/mol. The summed E-state index contributed by atoms with van der Waals surface area (Å²) >= 11 is 6.07. The molecule has 0 aromatic heterocycles. The Labute approximate surface area is 113 Å². The van der Waals surface area contributed by atoms with Crippen LogP contribution in [0.4, 0.5) is 0 Å². The third kappa shape index (κ3) is 3.25. The minimum Gasteiger partial charge on any atom is -0.306 e. The number of halogens is 1. The van der Waals surface area contributed by atoms with Crippen molar-refractivity contribution < 1.29 is 8.42 Å². The molecule has 1 atom stereocenters. The molecule has 0 spiro atoms. The van der Waals surface area contributed by atoms with E-state index in [-0.39, 0.29) is 17.0 Å². The van der Waals surface area contributed by atoms with E-state index in [2.05, 4.69) is 5.32 Å². The molecule has 100 valence electrons. The first-order chi connectivity index (χ1) is 8.30. The van der Waals surface area contributed by atoms with Gasteiger partial charge in [-0.2, -0.15) is 0 Å². The van der Waals surface area contributed by atoms with Crippen LogP contribution in [0.25, 0.3) is 0 Å². The predicted molar refractivity (Wildman–Crippen MR) is 74.7 cm³/mol. The molecule has 1 N–H and O–H groups in total. The van der Waals surface area contributed by atoms with E-state index in [1.54, 1.807) is 0 Å². The molecule has 0 saturated carbocycles. The summed E-state index contributed by atoms with van der Waals surface area (Å²) in [5.74, 6) is 0.505. The Morgan fingerprint density at radius 1 is 1.44 bits per heavy atom. The highest BCUT2D eigenvalue weighted by Gasteiger charge is 2.37. The third-order valence-electron chi connectivity index (χ3n) is 3.46. The lowest BCUT2D eigenvalue weighted by molar-refractivity contribution is 0.395. The van der Waals surface area contributed by atoms with Crippen LogP contribution in [0.3, 0.4) is 0 Å². The average Bonchev–Trinajstić information content (AvgIpc) is 2.56. The highest BCUT2D eigenvalue weighted by atomic mass is 35.5. The molecular formula is C13H18ClNO2S. The van der Waals surface area contributed by atoms with Crippen LogP contribution >= 0.6 is 11.6 Å². The number of aryl methyl sites for hydroxylation is 1. The Bertz CT molecular complexity index is 556. The van der Waals surface area contributed by atoms with Crippen molar-refractivity contribution in [3.63, 3.8) is 0 Å². The zero-order valence-electron chi connectivity index (χ0n) is 10.7. The van der Waals surface area contributed by atoms with Gasteiger partial charge in [-0.15, -0.1) is 0 Å². The van der Waals surface area contributed by atoms with E-state index in [9.17, 15) is 8.42 Å². The summed E-state index contributed by atoms with van der Waals surface area (Å²) in [7, 11) is -2.86. The first-order valence-corrected chi connectivity index (χ1v) is 8.20. The van der Waals surface area contributed by atoms with Crippen molar-refractivity contribution in [2.75, 3.05) is 11.5 Å². The minimum atomic E-state index is -2.86. The van der Waals surface area contributed by atoms with Crippen LogP contribution in [-0.2, 0) is 16.4 Å². The van der Waals surface area contributed by atoms with Crippen molar-refractivity contribution in [1.29, 1.82) is 0 Å². The molecule has 1 saturated heterocycles. The summed E-state index contributed by atoms with van der Waals surface area (Å²) in [6, 6.07) is 5.92. The zero-order chi connectivity index (χ0) is 13.4. The normalized spacial score (nSPS) is 26.4. The molecule has 5 heteroatoms. The van der Waals surface area contributed by atoms with Gasteiger partial charge in [-0.05, 0) is 37.5 Å². The van der Waals surface area contributed by atoms with Gasteiger partial charge in [-0.25, -0.2) is 8.42 Å². The van der Waals surface area contributed by atoms with Crippen LogP contribution < -0.4 is 5.32 Å². The van der Waals surface area contributed by atoms with Gasteiger partial charge in [-0.3, -0.25) is 0 Å². The Balaban J connectivity index is 2.02. The van der Waals surface area contributed by atoms with Crippen molar-refractivity contribution in [2.24, 2.45) is 0 Å². The summed E-state index contributed by atoms with van der Waals surface area (Å²) in [6.45, 7) is 4.57. The van der Waals surface area contributed by atoms with E-state index < -0.39 is 9.84 Å². The maximum atomic E-state index is 11.5. The van der Waals surface area contributed by atoms with Crippen molar-refractivity contribution in [3.05, 3.63) is 34.3 Å². The number of hydrogen-bond acceptors (Lipinski definition) is 3. The second kappa shape index (κ2) is 4.83. The maximum Gasteiger partial charge on any atom is 0.152 e. The van der Waals surface area contributed by atoms with Crippen molar-refractivity contribution >= 4 is 21.4 Å². The Hall–Kier alpha value is -0.580. The Morgan fingerprint density at radius 3 is 2.72 bits per heavy atom. The highest BCUT2D eigenvalue weighted by Crippen LogP contribution is 2.24. The molecule has 18 heavy (non-hydrogen) atoms. The molecule has 0 aliphatic carbocycles. The molecule has 0 bridgehead atoms. The maximum absolute atomic E-state index is 11.5. The standard InChI is InChI=1S/C13H18ClNO2S/c1-10-3-4-11(7-12(10)14)8-15-13(2)5-6-18(16,17)9-13/h3-4,7,15H,5-6,8-9H2,1-2H3. The third-order valence-corrected chi connectivity index (χ3v) is 5.77. The van der Waals surface area contributed by atoms with Gasteiger partial charge in [-0.1, -0.05) is 23.7 Å². The van der Waals surface area contributed by atoms with Gasteiger partial charge in [0.2, 0.25) is 0 Å². The molecule has 1 heterocycles. The number of benzene rings is 1. The number of hydrogen-bond donors (Lipinski definition) is 1. The van der Waals surface area contributed by atoms with Gasteiger partial charge < -0.3 is 5.32 Å². The van der Waals surface area contributed by atoms with Gasteiger partial charge in [0.1, 0.15) is 0 Å². The molecule has 1 aromatic rings. The Morgan fingerprint density at radius 2 is 2.17 bits per heavy atom. The van der Waals surface area contributed by atoms with Crippen molar-refractivity contribution in [2.45, 2.75) is 32.4 Å². The van der Waals surface area contributed by atoms with Crippen molar-refractivity contribution in [1.82, 2.24) is 5.32 Å². The fourth-order valence-electron chi connectivity index (χ4n) is 2.21. The minimum absolute atomic E-state index is 0.222. The smallest absolute Gasteiger partial charge is 0.152 e. The molecule has 1 aliphatic heterocycles. The van der Waals surface area contributed by atoms with Crippen LogP contribution in [0, 0.1) is 6.92 Å². The topological polar surface area (TPSA) is 46.2 Å². The van der Waals surface area contributed by atoms with Crippen LogP contribution in [0.5, 0.6) is 0 Å². The molecule has 1 aliphatic rings. The van der Waals surface area contributed by atoms with Gasteiger partial charge in [0.05, 0.1) is 11.5 Å². The van der Waals surface area contributed by atoms with E-state index in [0.717, 1.165) is 16.1 Å². The van der Waals surface area contributed by atoms with Gasteiger partial charge >= 0.3 is 0 Å². The molecule has 1 unspecified atom stereocenters. The van der Waals surface area contributed by atoms with Crippen LogP contribution in [0.15, 0.2) is 18.2 Å². The Kier molecular flexibility index (Phi) is 3.72. The van der Waals surface area contributed by atoms with E-state index in [1.165, 1.54) is 0 Å². The summed E-state index contributed by atoms with van der Waals surface area (Å²) in [6.07, 6.45) is 0.676. The summed E-state index contributed by atoms with van der Waals surface area (Å²) in [5, 5.41) is 4.09. The van der Waals surface area contributed by atoms with Gasteiger partial charge in [0.15, 0.2) is 9.84 Å². The summed E-state index contributed by atoms with van der Waals surface area (Å²) in [4.78, 5) is 0.